The van der Waals surface area contributed by atoms with Crippen LogP contribution in [0.1, 0.15) is 5.56 Å². The fourth-order valence-corrected chi connectivity index (χ4v) is 2.15. The zero-order chi connectivity index (χ0) is 14.4. The molecule has 1 aromatic rings. The molecule has 0 spiro atoms. The molecule has 0 bridgehead atoms. The van der Waals surface area contributed by atoms with Crippen molar-refractivity contribution in [3.8, 4) is 11.5 Å². The van der Waals surface area contributed by atoms with Crippen molar-refractivity contribution in [1.29, 1.82) is 0 Å². The average Bonchev–Trinajstić information content (AvgIpc) is 2.53. The molecule has 0 unspecified atom stereocenters. The molecule has 0 aliphatic carbocycles. The van der Waals surface area contributed by atoms with Gasteiger partial charge in [-0.3, -0.25) is 0 Å². The largest absolute Gasteiger partial charge is 0.493 e. The van der Waals surface area contributed by atoms with Gasteiger partial charge in [0.1, 0.15) is 0 Å². The number of hydrogen-bond donors (Lipinski definition) is 2. The summed E-state index contributed by atoms with van der Waals surface area (Å²) in [4.78, 5) is 13.8. The lowest BCUT2D eigenvalue weighted by Gasteiger charge is -2.27. The molecule has 2 rings (SSSR count). The second-order valence-corrected chi connectivity index (χ2v) is 4.59. The molecular weight excluding hydrogens is 258 g/mol. The lowest BCUT2D eigenvalue weighted by atomic mass is 10.2. The molecule has 0 saturated carbocycles. The molecule has 2 N–H and O–H groups in total. The highest BCUT2D eigenvalue weighted by molar-refractivity contribution is 5.74. The van der Waals surface area contributed by atoms with E-state index in [1.807, 2.05) is 23.1 Å². The first-order valence-corrected chi connectivity index (χ1v) is 6.69. The molecule has 0 aromatic heterocycles. The number of ether oxygens (including phenoxy) is 2. The first kappa shape index (κ1) is 14.5. The van der Waals surface area contributed by atoms with Crippen molar-refractivity contribution >= 4 is 6.03 Å². The van der Waals surface area contributed by atoms with E-state index in [1.165, 1.54) is 0 Å². The summed E-state index contributed by atoms with van der Waals surface area (Å²) in [7, 11) is 3.20. The van der Waals surface area contributed by atoms with Gasteiger partial charge in [-0.1, -0.05) is 6.07 Å². The van der Waals surface area contributed by atoms with Gasteiger partial charge in [0.15, 0.2) is 11.5 Å². The lowest BCUT2D eigenvalue weighted by Crippen LogP contribution is -2.50. The molecule has 110 valence electrons. The maximum atomic E-state index is 12.0. The van der Waals surface area contributed by atoms with Crippen molar-refractivity contribution < 1.29 is 14.3 Å². The van der Waals surface area contributed by atoms with E-state index < -0.39 is 0 Å². The van der Waals surface area contributed by atoms with Gasteiger partial charge in [0.2, 0.25) is 0 Å². The van der Waals surface area contributed by atoms with Gasteiger partial charge in [0.05, 0.1) is 14.2 Å². The fourth-order valence-electron chi connectivity index (χ4n) is 2.15. The minimum atomic E-state index is -0.0266. The summed E-state index contributed by atoms with van der Waals surface area (Å²) in [5.41, 5.74) is 0.978. The molecule has 1 heterocycles. The van der Waals surface area contributed by atoms with Crippen molar-refractivity contribution in [3.63, 3.8) is 0 Å². The van der Waals surface area contributed by atoms with Crippen LogP contribution < -0.4 is 20.1 Å². The second-order valence-electron chi connectivity index (χ2n) is 4.59. The van der Waals surface area contributed by atoms with E-state index in [9.17, 15) is 4.79 Å². The van der Waals surface area contributed by atoms with Crippen molar-refractivity contribution in [1.82, 2.24) is 15.5 Å². The SMILES string of the molecule is COc1ccc(CNC(=O)N2CCNCC2)cc1OC. The molecule has 1 saturated heterocycles. The number of nitrogens with one attached hydrogen (secondary N) is 2. The summed E-state index contributed by atoms with van der Waals surface area (Å²) in [6.07, 6.45) is 0. The minimum Gasteiger partial charge on any atom is -0.493 e. The normalized spacial score (nSPS) is 14.8. The maximum Gasteiger partial charge on any atom is 0.317 e. The Morgan fingerprint density at radius 2 is 1.95 bits per heavy atom. The van der Waals surface area contributed by atoms with Gasteiger partial charge in [0, 0.05) is 32.7 Å². The van der Waals surface area contributed by atoms with Crippen molar-refractivity contribution in [2.75, 3.05) is 40.4 Å². The third-order valence-corrected chi connectivity index (χ3v) is 3.30. The molecule has 20 heavy (non-hydrogen) atoms. The predicted molar refractivity (Wildman–Crippen MR) is 76.2 cm³/mol. The van der Waals surface area contributed by atoms with Gasteiger partial charge in [-0.2, -0.15) is 0 Å². The average molecular weight is 279 g/mol. The number of hydrogen-bond acceptors (Lipinski definition) is 4. The van der Waals surface area contributed by atoms with Crippen LogP contribution in [-0.4, -0.2) is 51.3 Å². The summed E-state index contributed by atoms with van der Waals surface area (Å²) >= 11 is 0. The highest BCUT2D eigenvalue weighted by Gasteiger charge is 2.15. The van der Waals surface area contributed by atoms with Gasteiger partial charge < -0.3 is 25.0 Å². The molecule has 6 nitrogen and oxygen atoms in total. The number of methoxy groups -OCH3 is 2. The number of carbonyl (C=O) groups excluding carboxylic acids is 1. The highest BCUT2D eigenvalue weighted by atomic mass is 16.5. The number of rotatable bonds is 4. The Kier molecular flexibility index (Phi) is 5.06. The minimum absolute atomic E-state index is 0.0266. The summed E-state index contributed by atoms with van der Waals surface area (Å²) < 4.78 is 10.4. The van der Waals surface area contributed by atoms with E-state index in [-0.39, 0.29) is 6.03 Å². The zero-order valence-corrected chi connectivity index (χ0v) is 11.9. The molecule has 0 radical (unpaired) electrons. The Labute approximate surface area is 119 Å². The van der Waals surface area contributed by atoms with E-state index in [0.717, 1.165) is 31.7 Å². The number of benzene rings is 1. The molecule has 1 fully saturated rings. The number of piperazine rings is 1. The summed E-state index contributed by atoms with van der Waals surface area (Å²) in [5, 5.41) is 6.14. The molecule has 1 aromatic carbocycles. The molecular formula is C14H21N3O3. The predicted octanol–water partition coefficient (Wildman–Crippen LogP) is 0.819. The first-order chi connectivity index (χ1) is 9.74. The Morgan fingerprint density at radius 1 is 1.25 bits per heavy atom. The summed E-state index contributed by atoms with van der Waals surface area (Å²) in [6.45, 7) is 3.67. The number of nitrogens with zero attached hydrogens (tertiary/aromatic N) is 1. The fraction of sp³-hybridized carbons (Fsp3) is 0.500. The van der Waals surface area contributed by atoms with Gasteiger partial charge in [-0.05, 0) is 17.7 Å². The number of carbonyl (C=O) groups is 1. The Balaban J connectivity index is 1.91. The molecule has 1 aliphatic heterocycles. The molecule has 2 amide bonds. The first-order valence-electron chi connectivity index (χ1n) is 6.69. The van der Waals surface area contributed by atoms with Crippen LogP contribution >= 0.6 is 0 Å². The van der Waals surface area contributed by atoms with Crippen LogP contribution in [0.4, 0.5) is 4.79 Å². The van der Waals surface area contributed by atoms with E-state index in [2.05, 4.69) is 10.6 Å². The Hall–Kier alpha value is -1.95. The molecule has 6 heteroatoms. The maximum absolute atomic E-state index is 12.0. The van der Waals surface area contributed by atoms with Crippen molar-refractivity contribution in [2.24, 2.45) is 0 Å². The number of urea groups is 1. The molecule has 0 atom stereocenters. The third kappa shape index (κ3) is 3.54. The third-order valence-electron chi connectivity index (χ3n) is 3.30. The van der Waals surface area contributed by atoms with Crippen LogP contribution in [0.25, 0.3) is 0 Å². The van der Waals surface area contributed by atoms with E-state index >= 15 is 0 Å². The van der Waals surface area contributed by atoms with Crippen LogP contribution in [0, 0.1) is 0 Å². The van der Waals surface area contributed by atoms with Gasteiger partial charge in [0.25, 0.3) is 0 Å². The van der Waals surface area contributed by atoms with Crippen LogP contribution in [0.3, 0.4) is 0 Å². The highest BCUT2D eigenvalue weighted by Crippen LogP contribution is 2.27. The van der Waals surface area contributed by atoms with Crippen LogP contribution in [0.15, 0.2) is 18.2 Å². The van der Waals surface area contributed by atoms with Gasteiger partial charge in [-0.15, -0.1) is 0 Å². The van der Waals surface area contributed by atoms with Crippen LogP contribution in [-0.2, 0) is 6.54 Å². The van der Waals surface area contributed by atoms with Gasteiger partial charge >= 0.3 is 6.03 Å². The van der Waals surface area contributed by atoms with Crippen LogP contribution in [0.5, 0.6) is 11.5 Å². The summed E-state index contributed by atoms with van der Waals surface area (Å²) in [6, 6.07) is 5.60. The van der Waals surface area contributed by atoms with E-state index in [4.69, 9.17) is 9.47 Å². The standard InChI is InChI=1S/C14H21N3O3/c1-19-12-4-3-11(9-13(12)20-2)10-16-14(18)17-7-5-15-6-8-17/h3-4,9,15H,5-8,10H2,1-2H3,(H,16,18). The topological polar surface area (TPSA) is 62.8 Å². The zero-order valence-electron chi connectivity index (χ0n) is 11.9. The van der Waals surface area contributed by atoms with Gasteiger partial charge in [-0.25, -0.2) is 4.79 Å². The molecule has 1 aliphatic rings. The lowest BCUT2D eigenvalue weighted by molar-refractivity contribution is 0.189. The quantitative estimate of drug-likeness (QED) is 0.856. The van der Waals surface area contributed by atoms with Crippen molar-refractivity contribution in [2.45, 2.75) is 6.54 Å². The number of amides is 2. The van der Waals surface area contributed by atoms with E-state index in [1.54, 1.807) is 14.2 Å². The Bertz CT molecular complexity index is 459. The smallest absolute Gasteiger partial charge is 0.317 e. The monoisotopic (exact) mass is 279 g/mol. The summed E-state index contributed by atoms with van der Waals surface area (Å²) in [5.74, 6) is 1.35. The van der Waals surface area contributed by atoms with E-state index in [0.29, 0.717) is 18.0 Å². The van der Waals surface area contributed by atoms with Crippen molar-refractivity contribution in [3.05, 3.63) is 23.8 Å². The van der Waals surface area contributed by atoms with Crippen LogP contribution in [0.2, 0.25) is 0 Å². The Morgan fingerprint density at radius 3 is 2.60 bits per heavy atom. The second kappa shape index (κ2) is 7.00.